The highest BCUT2D eigenvalue weighted by Gasteiger charge is 2.23. The van der Waals surface area contributed by atoms with E-state index in [4.69, 9.17) is 25.8 Å². The van der Waals surface area contributed by atoms with Crippen LogP contribution in [-0.4, -0.2) is 29.2 Å². The third kappa shape index (κ3) is 3.72. The van der Waals surface area contributed by atoms with Crippen molar-refractivity contribution in [2.75, 3.05) is 7.11 Å². The molecule has 0 aliphatic heterocycles. The van der Waals surface area contributed by atoms with Gasteiger partial charge in [-0.05, 0) is 38.1 Å². The van der Waals surface area contributed by atoms with E-state index in [-0.39, 0.29) is 18.4 Å². The fourth-order valence-electron chi connectivity index (χ4n) is 3.43. The number of fused-ring (bicyclic) bond motifs is 3. The zero-order valence-corrected chi connectivity index (χ0v) is 17.6. The molecule has 0 aliphatic carbocycles. The molecule has 4 aromatic rings. The Labute approximate surface area is 178 Å². The lowest BCUT2D eigenvalue weighted by atomic mass is 10.0. The van der Waals surface area contributed by atoms with E-state index in [1.807, 2.05) is 30.3 Å². The molecule has 0 spiro atoms. The van der Waals surface area contributed by atoms with Gasteiger partial charge in [-0.3, -0.25) is 0 Å². The van der Waals surface area contributed by atoms with Crippen LogP contribution in [-0.2, 0) is 16.1 Å². The van der Waals surface area contributed by atoms with E-state index < -0.39 is 5.97 Å². The zero-order valence-electron chi connectivity index (χ0n) is 16.9. The third-order valence-corrected chi connectivity index (χ3v) is 4.92. The van der Waals surface area contributed by atoms with Crippen LogP contribution in [0.2, 0.25) is 5.02 Å². The van der Waals surface area contributed by atoms with Gasteiger partial charge in [-0.25, -0.2) is 9.78 Å². The first-order valence-electron chi connectivity index (χ1n) is 9.54. The van der Waals surface area contributed by atoms with Crippen LogP contribution in [0.25, 0.3) is 21.8 Å². The molecular weight excluding hydrogens is 404 g/mol. The van der Waals surface area contributed by atoms with Gasteiger partial charge in [0.1, 0.15) is 11.5 Å². The summed E-state index contributed by atoms with van der Waals surface area (Å²) in [5.41, 5.74) is 2.49. The lowest BCUT2D eigenvalue weighted by Gasteiger charge is -2.13. The maximum absolute atomic E-state index is 12.7. The molecule has 154 valence electrons. The Morgan fingerprint density at radius 3 is 2.57 bits per heavy atom. The normalized spacial score (nSPS) is 11.4. The van der Waals surface area contributed by atoms with Gasteiger partial charge < -0.3 is 19.2 Å². The molecule has 2 aromatic carbocycles. The van der Waals surface area contributed by atoms with Crippen LogP contribution in [0.15, 0.2) is 48.7 Å². The van der Waals surface area contributed by atoms with Crippen molar-refractivity contribution >= 4 is 39.4 Å². The minimum atomic E-state index is -0.488. The van der Waals surface area contributed by atoms with Gasteiger partial charge in [-0.15, -0.1) is 0 Å². The van der Waals surface area contributed by atoms with E-state index in [0.29, 0.717) is 22.1 Å². The predicted octanol–water partition coefficient (Wildman–Crippen LogP) is 5.87. The minimum Gasteiger partial charge on any atom is -0.458 e. The van der Waals surface area contributed by atoms with Gasteiger partial charge in [0.25, 0.3) is 0 Å². The van der Waals surface area contributed by atoms with Crippen LogP contribution in [0.3, 0.4) is 0 Å². The Balaban J connectivity index is 1.96. The number of hydrogen-bond acceptors (Lipinski definition) is 5. The smallest absolute Gasteiger partial charge is 0.357 e. The Morgan fingerprint density at radius 2 is 1.83 bits per heavy atom. The Morgan fingerprint density at radius 1 is 1.07 bits per heavy atom. The number of benzene rings is 2. The molecule has 0 fully saturated rings. The first kappa shape index (κ1) is 20.2. The highest BCUT2D eigenvalue weighted by molar-refractivity contribution is 6.32. The largest absolute Gasteiger partial charge is 0.458 e. The summed E-state index contributed by atoms with van der Waals surface area (Å²) >= 11 is 6.29. The molecule has 1 N–H and O–H groups in total. The molecule has 4 rings (SSSR count). The molecule has 0 atom stereocenters. The van der Waals surface area contributed by atoms with Gasteiger partial charge in [0, 0.05) is 18.1 Å². The Bertz CT molecular complexity index is 1230. The maximum atomic E-state index is 12.7. The van der Waals surface area contributed by atoms with Gasteiger partial charge in [0.15, 0.2) is 5.69 Å². The van der Waals surface area contributed by atoms with Crippen LogP contribution in [0.5, 0.6) is 11.5 Å². The van der Waals surface area contributed by atoms with E-state index >= 15 is 0 Å². The average Bonchev–Trinajstić information content (AvgIpc) is 3.09. The molecule has 6 nitrogen and oxygen atoms in total. The first-order chi connectivity index (χ1) is 14.5. The molecule has 0 radical (unpaired) electrons. The lowest BCUT2D eigenvalue weighted by Crippen LogP contribution is -2.15. The number of ether oxygens (including phenoxy) is 3. The molecule has 0 aliphatic rings. The summed E-state index contributed by atoms with van der Waals surface area (Å²) in [5, 5.41) is 2.13. The number of esters is 1. The highest BCUT2D eigenvalue weighted by atomic mass is 35.5. The number of aromatic nitrogens is 2. The van der Waals surface area contributed by atoms with Crippen molar-refractivity contribution in [1.29, 1.82) is 0 Å². The summed E-state index contributed by atoms with van der Waals surface area (Å²) in [6.45, 7) is 3.79. The fraction of sp³-hybridized carbons (Fsp3) is 0.217. The molecule has 0 saturated heterocycles. The number of methoxy groups -OCH3 is 1. The number of halogens is 1. The number of para-hydroxylation sites is 1. The molecule has 2 heterocycles. The van der Waals surface area contributed by atoms with E-state index in [2.05, 4.69) is 9.97 Å². The van der Waals surface area contributed by atoms with Gasteiger partial charge in [0.2, 0.25) is 0 Å². The van der Waals surface area contributed by atoms with Gasteiger partial charge in [-0.1, -0.05) is 29.8 Å². The summed E-state index contributed by atoms with van der Waals surface area (Å²) in [5.74, 6) is 0.666. The number of aromatic amines is 1. The molecule has 0 amide bonds. The number of carbonyl (C=O) groups is 1. The molecule has 30 heavy (non-hydrogen) atoms. The lowest BCUT2D eigenvalue weighted by molar-refractivity contribution is 0.0366. The SMILES string of the molecule is COCc1c(C(=O)OC(C)C)ncc2[nH]c3cccc(Oc4ccccc4Cl)c3c12. The van der Waals surface area contributed by atoms with Crippen molar-refractivity contribution in [1.82, 2.24) is 9.97 Å². The monoisotopic (exact) mass is 424 g/mol. The van der Waals surface area contributed by atoms with Crippen molar-refractivity contribution in [3.63, 3.8) is 0 Å². The zero-order chi connectivity index (χ0) is 21.3. The van der Waals surface area contributed by atoms with Crippen molar-refractivity contribution in [2.45, 2.75) is 26.6 Å². The summed E-state index contributed by atoms with van der Waals surface area (Å²) in [6.07, 6.45) is 1.37. The van der Waals surface area contributed by atoms with Crippen LogP contribution < -0.4 is 4.74 Å². The quantitative estimate of drug-likeness (QED) is 0.391. The summed E-state index contributed by atoms with van der Waals surface area (Å²) in [4.78, 5) is 20.4. The van der Waals surface area contributed by atoms with E-state index in [9.17, 15) is 4.79 Å². The van der Waals surface area contributed by atoms with Crippen LogP contribution in [0, 0.1) is 0 Å². The molecule has 0 saturated carbocycles. The van der Waals surface area contributed by atoms with E-state index in [1.54, 1.807) is 39.3 Å². The summed E-state index contributed by atoms with van der Waals surface area (Å²) in [7, 11) is 1.58. The van der Waals surface area contributed by atoms with Crippen LogP contribution in [0.1, 0.15) is 29.9 Å². The Kier molecular flexibility index (Phi) is 5.61. The van der Waals surface area contributed by atoms with Crippen molar-refractivity contribution in [2.24, 2.45) is 0 Å². The van der Waals surface area contributed by atoms with Crippen molar-refractivity contribution < 1.29 is 19.0 Å². The fourth-order valence-corrected chi connectivity index (χ4v) is 3.61. The van der Waals surface area contributed by atoms with Crippen LogP contribution >= 0.6 is 11.6 Å². The second-order valence-electron chi connectivity index (χ2n) is 7.10. The average molecular weight is 425 g/mol. The minimum absolute atomic E-state index is 0.195. The number of H-pyrrole nitrogens is 1. The van der Waals surface area contributed by atoms with Crippen LogP contribution in [0.4, 0.5) is 0 Å². The number of pyridine rings is 1. The maximum Gasteiger partial charge on any atom is 0.357 e. The molecule has 0 unspecified atom stereocenters. The Hall–Kier alpha value is -3.09. The highest BCUT2D eigenvalue weighted by Crippen LogP contribution is 2.39. The van der Waals surface area contributed by atoms with E-state index in [1.165, 1.54) is 0 Å². The molecular formula is C23H21ClN2O4. The second-order valence-corrected chi connectivity index (χ2v) is 7.50. The number of rotatable bonds is 6. The molecule has 2 aromatic heterocycles. The third-order valence-electron chi connectivity index (χ3n) is 4.61. The summed E-state index contributed by atoms with van der Waals surface area (Å²) in [6, 6.07) is 13.0. The summed E-state index contributed by atoms with van der Waals surface area (Å²) < 4.78 is 16.9. The number of nitrogens with zero attached hydrogens (tertiary/aromatic N) is 1. The number of carbonyl (C=O) groups excluding carboxylic acids is 1. The van der Waals surface area contributed by atoms with Crippen molar-refractivity contribution in [3.05, 3.63) is 64.9 Å². The van der Waals surface area contributed by atoms with Crippen molar-refractivity contribution in [3.8, 4) is 11.5 Å². The second kappa shape index (κ2) is 8.34. The van der Waals surface area contributed by atoms with E-state index in [0.717, 1.165) is 21.8 Å². The first-order valence-corrected chi connectivity index (χ1v) is 9.92. The number of nitrogens with one attached hydrogen (secondary N) is 1. The topological polar surface area (TPSA) is 73.4 Å². The molecule has 0 bridgehead atoms. The number of hydrogen-bond donors (Lipinski definition) is 1. The molecule has 7 heteroatoms. The van der Waals surface area contributed by atoms with Gasteiger partial charge >= 0.3 is 5.97 Å². The van der Waals surface area contributed by atoms with Gasteiger partial charge in [0.05, 0.1) is 40.3 Å². The van der Waals surface area contributed by atoms with Gasteiger partial charge in [-0.2, -0.15) is 0 Å². The standard InChI is InChI=1S/C23H21ClN2O4/c1-13(2)29-23(27)22-14(12-28-3)20-17(11-25-22)26-16-8-6-10-19(21(16)20)30-18-9-5-4-7-15(18)24/h4-11,13,26H,12H2,1-3H3. The predicted molar refractivity (Wildman–Crippen MR) is 116 cm³/mol.